The fraction of sp³-hybridized carbons (Fsp3) is 0.333. The molecular weight excluding hydrogens is 258 g/mol. The van der Waals surface area contributed by atoms with Crippen LogP contribution in [0.3, 0.4) is 0 Å². The van der Waals surface area contributed by atoms with Gasteiger partial charge in [-0.2, -0.15) is 0 Å². The summed E-state index contributed by atoms with van der Waals surface area (Å²) >= 11 is 5.96. The van der Waals surface area contributed by atoms with Crippen LogP contribution in [0.15, 0.2) is 28.5 Å². The monoisotopic (exact) mass is 271 g/mol. The molecule has 1 N–H and O–H groups in total. The summed E-state index contributed by atoms with van der Waals surface area (Å²) in [6.45, 7) is 2.01. The molecule has 0 fully saturated rings. The summed E-state index contributed by atoms with van der Waals surface area (Å²) in [4.78, 5) is 0.250. The second-order valence-corrected chi connectivity index (χ2v) is 6.34. The first kappa shape index (κ1) is 12.6. The van der Waals surface area contributed by atoms with Crippen molar-refractivity contribution in [3.8, 4) is 0 Å². The second kappa shape index (κ2) is 4.44. The van der Waals surface area contributed by atoms with E-state index in [2.05, 4.69) is 5.32 Å². The zero-order valence-corrected chi connectivity index (χ0v) is 11.3. The zero-order valence-electron chi connectivity index (χ0n) is 9.70. The Labute approximate surface area is 106 Å². The third-order valence-corrected chi connectivity index (χ3v) is 4.94. The first-order valence-electron chi connectivity index (χ1n) is 5.37. The molecule has 0 amide bonds. The fourth-order valence-electron chi connectivity index (χ4n) is 1.95. The van der Waals surface area contributed by atoms with Crippen LogP contribution >= 0.6 is 11.6 Å². The van der Waals surface area contributed by atoms with Crippen LogP contribution in [0, 0.1) is 0 Å². The molecule has 1 aromatic carbocycles. The Kier molecular flexibility index (Phi) is 3.30. The molecule has 3 nitrogen and oxygen atoms in total. The van der Waals surface area contributed by atoms with Gasteiger partial charge in [0.05, 0.1) is 9.92 Å². The van der Waals surface area contributed by atoms with Gasteiger partial charge in [0.25, 0.3) is 0 Å². The molecule has 0 aromatic heterocycles. The Bertz CT molecular complexity index is 578. The summed E-state index contributed by atoms with van der Waals surface area (Å²) in [6.07, 6.45) is 0.670. The normalized spacial score (nSPS) is 18.6. The van der Waals surface area contributed by atoms with Crippen molar-refractivity contribution in [3.05, 3.63) is 34.2 Å². The van der Waals surface area contributed by atoms with Gasteiger partial charge in [0, 0.05) is 11.4 Å². The molecule has 1 unspecified atom stereocenters. The summed E-state index contributed by atoms with van der Waals surface area (Å²) in [7, 11) is -1.51. The van der Waals surface area contributed by atoms with E-state index in [-0.39, 0.29) is 10.9 Å². The van der Waals surface area contributed by atoms with Crippen LogP contribution in [-0.4, -0.2) is 21.5 Å². The minimum atomic E-state index is -3.36. The van der Waals surface area contributed by atoms with Crippen LogP contribution in [0.5, 0.6) is 0 Å². The van der Waals surface area contributed by atoms with Crippen molar-refractivity contribution in [1.82, 2.24) is 5.32 Å². The Morgan fingerprint density at radius 3 is 2.76 bits per heavy atom. The van der Waals surface area contributed by atoms with Crippen molar-refractivity contribution in [2.75, 3.05) is 7.05 Å². The van der Waals surface area contributed by atoms with Crippen molar-refractivity contribution >= 4 is 27.0 Å². The van der Waals surface area contributed by atoms with Gasteiger partial charge >= 0.3 is 0 Å². The van der Waals surface area contributed by atoms with E-state index in [9.17, 15) is 8.42 Å². The van der Waals surface area contributed by atoms with Crippen molar-refractivity contribution in [2.24, 2.45) is 0 Å². The quantitative estimate of drug-likeness (QED) is 0.919. The molecule has 0 saturated heterocycles. The number of rotatable bonds is 3. The highest BCUT2D eigenvalue weighted by molar-refractivity contribution is 7.95. The molecule has 0 aliphatic carbocycles. The summed E-state index contributed by atoms with van der Waals surface area (Å²) in [6, 6.07) is 5.41. The minimum absolute atomic E-state index is 0.224. The SMILES string of the molecule is CNC(C)CC1=CS(=O)(=O)c2c(Cl)cccc21. The third-order valence-electron chi connectivity index (χ3n) is 2.91. The average Bonchev–Trinajstić information content (AvgIpc) is 2.51. The molecule has 0 saturated carbocycles. The molecule has 1 aliphatic rings. The van der Waals surface area contributed by atoms with Gasteiger partial charge in [-0.25, -0.2) is 8.42 Å². The van der Waals surface area contributed by atoms with Gasteiger partial charge in [-0.1, -0.05) is 23.7 Å². The average molecular weight is 272 g/mol. The topological polar surface area (TPSA) is 46.2 Å². The smallest absolute Gasteiger partial charge is 0.202 e. The lowest BCUT2D eigenvalue weighted by molar-refractivity contribution is 0.605. The Balaban J connectivity index is 2.51. The van der Waals surface area contributed by atoms with Crippen LogP contribution in [0.4, 0.5) is 0 Å². The van der Waals surface area contributed by atoms with Gasteiger partial charge in [-0.05, 0) is 37.6 Å². The molecule has 0 bridgehead atoms. The molecule has 17 heavy (non-hydrogen) atoms. The Morgan fingerprint density at radius 1 is 1.41 bits per heavy atom. The lowest BCUT2D eigenvalue weighted by Crippen LogP contribution is -2.21. The highest BCUT2D eigenvalue weighted by Gasteiger charge is 2.29. The summed E-state index contributed by atoms with van der Waals surface area (Å²) in [5.41, 5.74) is 1.56. The minimum Gasteiger partial charge on any atom is -0.317 e. The molecule has 1 heterocycles. The van der Waals surface area contributed by atoms with Crippen LogP contribution in [0.25, 0.3) is 5.57 Å². The molecule has 1 aromatic rings. The maximum atomic E-state index is 12.0. The van der Waals surface area contributed by atoms with Crippen LogP contribution in [-0.2, 0) is 9.84 Å². The van der Waals surface area contributed by atoms with Crippen LogP contribution in [0.1, 0.15) is 18.9 Å². The van der Waals surface area contributed by atoms with E-state index in [4.69, 9.17) is 11.6 Å². The van der Waals surface area contributed by atoms with E-state index in [0.717, 1.165) is 11.1 Å². The van der Waals surface area contributed by atoms with E-state index in [1.54, 1.807) is 18.2 Å². The molecule has 0 spiro atoms. The maximum Gasteiger partial charge on any atom is 0.202 e. The van der Waals surface area contributed by atoms with Crippen molar-refractivity contribution < 1.29 is 8.42 Å². The third kappa shape index (κ3) is 2.25. The maximum absolute atomic E-state index is 12.0. The van der Waals surface area contributed by atoms with E-state index in [0.29, 0.717) is 11.4 Å². The van der Waals surface area contributed by atoms with Gasteiger partial charge in [-0.15, -0.1) is 0 Å². The second-order valence-electron chi connectivity index (χ2n) is 4.20. The van der Waals surface area contributed by atoms with Crippen molar-refractivity contribution in [3.63, 3.8) is 0 Å². The number of hydrogen-bond donors (Lipinski definition) is 1. The first-order valence-corrected chi connectivity index (χ1v) is 7.30. The number of benzene rings is 1. The summed E-state index contributed by atoms with van der Waals surface area (Å²) in [5.74, 6) is 0. The van der Waals surface area contributed by atoms with Gasteiger partial charge in [0.1, 0.15) is 0 Å². The van der Waals surface area contributed by atoms with Gasteiger partial charge < -0.3 is 5.32 Å². The Morgan fingerprint density at radius 2 is 2.12 bits per heavy atom. The lowest BCUT2D eigenvalue weighted by atomic mass is 10.0. The number of sulfone groups is 1. The van der Waals surface area contributed by atoms with E-state index in [1.807, 2.05) is 14.0 Å². The molecule has 92 valence electrons. The van der Waals surface area contributed by atoms with Crippen molar-refractivity contribution in [1.29, 1.82) is 0 Å². The number of nitrogens with one attached hydrogen (secondary N) is 1. The number of fused-ring (bicyclic) bond motifs is 1. The predicted molar refractivity (Wildman–Crippen MR) is 69.8 cm³/mol. The molecule has 1 aliphatic heterocycles. The van der Waals surface area contributed by atoms with Crippen molar-refractivity contribution in [2.45, 2.75) is 24.3 Å². The highest BCUT2D eigenvalue weighted by atomic mass is 35.5. The number of hydrogen-bond acceptors (Lipinski definition) is 3. The van der Waals surface area contributed by atoms with E-state index in [1.165, 1.54) is 5.41 Å². The zero-order chi connectivity index (χ0) is 12.6. The molecule has 5 heteroatoms. The molecule has 1 atom stereocenters. The van der Waals surface area contributed by atoms with Gasteiger partial charge in [0.2, 0.25) is 9.84 Å². The molecule has 2 rings (SSSR count). The Hall–Kier alpha value is -0.840. The van der Waals surface area contributed by atoms with E-state index < -0.39 is 9.84 Å². The predicted octanol–water partition coefficient (Wildman–Crippen LogP) is 2.47. The van der Waals surface area contributed by atoms with E-state index >= 15 is 0 Å². The van der Waals surface area contributed by atoms with Crippen LogP contribution < -0.4 is 5.32 Å². The lowest BCUT2D eigenvalue weighted by Gasteiger charge is -2.11. The summed E-state index contributed by atoms with van der Waals surface area (Å²) < 4.78 is 23.9. The first-order chi connectivity index (χ1) is 7.95. The van der Waals surface area contributed by atoms with Crippen LogP contribution in [0.2, 0.25) is 5.02 Å². The van der Waals surface area contributed by atoms with Gasteiger partial charge in [-0.3, -0.25) is 0 Å². The number of halogens is 1. The largest absolute Gasteiger partial charge is 0.317 e. The van der Waals surface area contributed by atoms with Gasteiger partial charge in [0.15, 0.2) is 0 Å². The molecule has 0 radical (unpaired) electrons. The summed E-state index contributed by atoms with van der Waals surface area (Å²) in [5, 5.41) is 4.72. The molecular formula is C12H14ClNO2S. The highest BCUT2D eigenvalue weighted by Crippen LogP contribution is 2.39. The standard InChI is InChI=1S/C12H14ClNO2S/c1-8(14-2)6-9-7-17(15,16)12-10(9)4-3-5-11(12)13/h3-5,7-8,14H,6H2,1-2H3. The fourth-order valence-corrected chi connectivity index (χ4v) is 4.01.